The molecular weight excluding hydrogens is 281 g/mol. The van der Waals surface area contributed by atoms with E-state index in [4.69, 9.17) is 0 Å². The molecule has 0 bridgehead atoms. The average molecular weight is 316 g/mol. The Balaban J connectivity index is -0.000000562. The summed E-state index contributed by atoms with van der Waals surface area (Å²) >= 11 is 0. The first-order valence-corrected chi connectivity index (χ1v) is 6.66. The van der Waals surface area contributed by atoms with Crippen LogP contribution in [0.15, 0.2) is 0 Å². The molecule has 2 aliphatic carbocycles. The van der Waals surface area contributed by atoms with Gasteiger partial charge in [-0.15, -0.1) is 0 Å². The molecule has 0 aliphatic heterocycles. The molecule has 1 heteroatoms. The second-order valence-electron chi connectivity index (χ2n) is 5.67. The van der Waals surface area contributed by atoms with E-state index in [0.29, 0.717) is 0 Å². The molecule has 0 saturated heterocycles. The van der Waals surface area contributed by atoms with Crippen LogP contribution in [0.4, 0.5) is 0 Å². The van der Waals surface area contributed by atoms with Gasteiger partial charge in [0.15, 0.2) is 0 Å². The second-order valence-corrected chi connectivity index (χ2v) is 5.67. The molecule has 1 radical (unpaired) electrons. The van der Waals surface area contributed by atoms with E-state index in [9.17, 15) is 0 Å². The quantitative estimate of drug-likeness (QED) is 0.554. The second kappa shape index (κ2) is 11.0. The first kappa shape index (κ1) is 20.4. The van der Waals surface area contributed by atoms with Crippen molar-refractivity contribution in [1.29, 1.82) is 0 Å². The summed E-state index contributed by atoms with van der Waals surface area (Å²) < 4.78 is 0. The van der Waals surface area contributed by atoms with Gasteiger partial charge in [-0.25, -0.2) is 0 Å². The van der Waals surface area contributed by atoms with Gasteiger partial charge in [0, 0.05) is 34.1 Å². The van der Waals surface area contributed by atoms with E-state index in [0.717, 1.165) is 17.8 Å². The van der Waals surface area contributed by atoms with E-state index in [1.165, 1.54) is 51.4 Å². The van der Waals surface area contributed by atoms with Crippen molar-refractivity contribution in [3.05, 3.63) is 13.8 Å². The van der Waals surface area contributed by atoms with Crippen molar-refractivity contribution in [1.82, 2.24) is 0 Å². The molecule has 2 fully saturated rings. The molecule has 0 aromatic carbocycles. The molecule has 0 amide bonds. The summed E-state index contributed by atoms with van der Waals surface area (Å²) in [6.07, 6.45) is 15.9. The van der Waals surface area contributed by atoms with Crippen LogP contribution in [0.25, 0.3) is 0 Å². The van der Waals surface area contributed by atoms with Gasteiger partial charge in [0.2, 0.25) is 0 Å². The predicted octanol–water partition coefficient (Wildman–Crippen LogP) is 5.93. The van der Waals surface area contributed by atoms with Crippen LogP contribution in [0.5, 0.6) is 0 Å². The van der Waals surface area contributed by atoms with Crippen molar-refractivity contribution in [2.45, 2.75) is 72.1 Å². The van der Waals surface area contributed by atoms with Crippen molar-refractivity contribution < 1.29 is 34.1 Å². The summed E-state index contributed by atoms with van der Waals surface area (Å²) in [5.41, 5.74) is 0. The van der Waals surface area contributed by atoms with Crippen molar-refractivity contribution in [2.24, 2.45) is 17.8 Å². The van der Waals surface area contributed by atoms with Crippen LogP contribution < -0.4 is 0 Å². The molecule has 0 aromatic rings. The number of hydrogen-bond donors (Lipinski definition) is 0. The van der Waals surface area contributed by atoms with E-state index < -0.39 is 0 Å². The van der Waals surface area contributed by atoms with Crippen LogP contribution in [0.2, 0.25) is 0 Å². The third-order valence-corrected chi connectivity index (χ3v) is 4.36. The van der Waals surface area contributed by atoms with Crippen molar-refractivity contribution >= 4 is 0 Å². The van der Waals surface area contributed by atoms with Crippen LogP contribution >= 0.6 is 0 Å². The monoisotopic (exact) mass is 316 g/mol. The third kappa shape index (κ3) is 7.31. The van der Waals surface area contributed by atoms with Crippen LogP contribution in [-0.4, -0.2) is 0 Å². The minimum absolute atomic E-state index is 0. The molecule has 0 N–H and O–H groups in total. The summed E-state index contributed by atoms with van der Waals surface area (Å²) in [5, 5.41) is 0. The summed E-state index contributed by atoms with van der Waals surface area (Å²) in [6.45, 7) is 2.42. The normalized spacial score (nSPS) is 29.5. The Morgan fingerprint density at radius 3 is 1.94 bits per heavy atom. The molecule has 2 aliphatic rings. The molecule has 0 spiro atoms. The Bertz CT molecular complexity index is 158. The van der Waals surface area contributed by atoms with Crippen LogP contribution in [-0.2, 0) is 32.7 Å². The summed E-state index contributed by atoms with van der Waals surface area (Å²) in [7, 11) is 0. The molecule has 17 heavy (non-hydrogen) atoms. The largest absolute Gasteiger partial charge is 0.358 e. The van der Waals surface area contributed by atoms with Gasteiger partial charge in [0.1, 0.15) is 0 Å². The molecule has 103 valence electrons. The fraction of sp³-hybridized carbons (Fsp3) is 0.875. The third-order valence-electron chi connectivity index (χ3n) is 4.36. The van der Waals surface area contributed by atoms with Crippen LogP contribution in [0.1, 0.15) is 73.6 Å². The molecule has 2 rings (SSSR count). The predicted molar refractivity (Wildman–Crippen MR) is 77.3 cm³/mol. The van der Waals surface area contributed by atoms with E-state index in [1.807, 2.05) is 0 Å². The van der Waals surface area contributed by atoms with Gasteiger partial charge in [-0.05, 0) is 24.2 Å². The molecular formula is C16H34Y-2. The van der Waals surface area contributed by atoms with E-state index in [2.05, 4.69) is 13.3 Å². The van der Waals surface area contributed by atoms with E-state index in [-0.39, 0.29) is 49.0 Å². The Labute approximate surface area is 137 Å². The molecule has 2 saturated carbocycles. The Hall–Kier alpha value is 1.10. The average Bonchev–Trinajstić information content (AvgIpc) is 2.23. The van der Waals surface area contributed by atoms with Gasteiger partial charge in [-0.1, -0.05) is 52.9 Å². The summed E-state index contributed by atoms with van der Waals surface area (Å²) in [4.78, 5) is 0. The fourth-order valence-electron chi connectivity index (χ4n) is 3.27. The van der Waals surface area contributed by atoms with Gasteiger partial charge >= 0.3 is 0 Å². The first-order valence-electron chi connectivity index (χ1n) is 6.66. The number of hydrogen-bond acceptors (Lipinski definition) is 0. The minimum atomic E-state index is 0. The van der Waals surface area contributed by atoms with E-state index in [1.54, 1.807) is 6.42 Å². The smallest absolute Gasteiger partial charge is 0 e. The zero-order valence-corrected chi connectivity index (χ0v) is 14.1. The Kier molecular flexibility index (Phi) is 13.2. The van der Waals surface area contributed by atoms with Crippen molar-refractivity contribution in [3.8, 4) is 0 Å². The fourth-order valence-corrected chi connectivity index (χ4v) is 3.27. The van der Waals surface area contributed by atoms with Gasteiger partial charge in [-0.3, -0.25) is 0 Å². The zero-order valence-electron chi connectivity index (χ0n) is 11.3. The summed E-state index contributed by atoms with van der Waals surface area (Å²) in [6, 6.07) is 0. The molecule has 0 atom stereocenters. The van der Waals surface area contributed by atoms with Gasteiger partial charge < -0.3 is 13.8 Å². The number of rotatable bonds is 2. The summed E-state index contributed by atoms with van der Waals surface area (Å²) in [5.74, 6) is 3.19. The first-order chi connectivity index (χ1) is 6.84. The maximum absolute atomic E-state index is 2.49. The topological polar surface area (TPSA) is 0 Å². The zero-order chi connectivity index (χ0) is 9.80. The van der Waals surface area contributed by atoms with Crippen LogP contribution in [0.3, 0.4) is 0 Å². The SMILES string of the molecule is C.CC1CCC(CC2CC[CH-]CC2)CC1.[2HH].[CH3-].[Y]. The van der Waals surface area contributed by atoms with Crippen molar-refractivity contribution in [3.63, 3.8) is 0 Å². The van der Waals surface area contributed by atoms with E-state index >= 15 is 0 Å². The Morgan fingerprint density at radius 1 is 0.941 bits per heavy atom. The standard InChI is InChI=1S/C14H25.CH4.CH3.Y.H2/c1-12-7-9-14(10-8-12)11-13-5-3-2-4-6-13;;;;/h2,12-14H,3-11H2,1H3;1H4;1H3;;1H/q-1;;-1;;/i;;;;1+1. The maximum Gasteiger partial charge on any atom is 0 e. The van der Waals surface area contributed by atoms with Gasteiger partial charge in [-0.2, -0.15) is 12.8 Å². The molecule has 0 nitrogen and oxygen atoms in total. The van der Waals surface area contributed by atoms with Gasteiger partial charge in [0.05, 0.1) is 0 Å². The van der Waals surface area contributed by atoms with Gasteiger partial charge in [0.25, 0.3) is 0 Å². The minimum Gasteiger partial charge on any atom is -0.358 e. The molecule has 0 aromatic heterocycles. The van der Waals surface area contributed by atoms with Crippen LogP contribution in [0, 0.1) is 31.6 Å². The molecule has 0 unspecified atom stereocenters. The van der Waals surface area contributed by atoms with Crippen molar-refractivity contribution in [2.75, 3.05) is 0 Å². The molecule has 0 heterocycles. The Morgan fingerprint density at radius 2 is 1.41 bits per heavy atom. The maximum atomic E-state index is 2.49.